The summed E-state index contributed by atoms with van der Waals surface area (Å²) in [5, 5.41) is 17.8. The molecule has 0 saturated heterocycles. The molecule has 0 aliphatic rings. The van der Waals surface area contributed by atoms with Gasteiger partial charge in [0.15, 0.2) is 0 Å². The maximum Gasteiger partial charge on any atom is 0.326 e. The predicted octanol–water partition coefficient (Wildman–Crippen LogP) is 0.382. The first-order chi connectivity index (χ1) is 7.99. The molecule has 0 aliphatic carbocycles. The minimum atomic E-state index is -1.04. The minimum absolute atomic E-state index is 0.158. The van der Waals surface area contributed by atoms with E-state index in [2.05, 4.69) is 6.58 Å². The molecule has 0 bridgehead atoms. The Morgan fingerprint density at radius 1 is 1.47 bits per heavy atom. The van der Waals surface area contributed by atoms with Gasteiger partial charge in [-0.3, -0.25) is 0 Å². The summed E-state index contributed by atoms with van der Waals surface area (Å²) in [6.07, 6.45) is 1.86. The van der Waals surface area contributed by atoms with Gasteiger partial charge in [0, 0.05) is 20.1 Å². The van der Waals surface area contributed by atoms with Crippen molar-refractivity contribution >= 4 is 12.0 Å². The van der Waals surface area contributed by atoms with Gasteiger partial charge in [0.1, 0.15) is 6.04 Å². The van der Waals surface area contributed by atoms with E-state index in [1.54, 1.807) is 6.92 Å². The van der Waals surface area contributed by atoms with Gasteiger partial charge in [-0.1, -0.05) is 13.0 Å². The van der Waals surface area contributed by atoms with Crippen LogP contribution in [0.3, 0.4) is 0 Å². The first-order valence-electron chi connectivity index (χ1n) is 5.45. The quantitative estimate of drug-likeness (QED) is 0.634. The normalized spacial score (nSPS) is 11.7. The average Bonchev–Trinajstić information content (AvgIpc) is 2.28. The van der Waals surface area contributed by atoms with Gasteiger partial charge in [-0.15, -0.1) is 6.58 Å². The molecule has 98 valence electrons. The lowest BCUT2D eigenvalue weighted by Crippen LogP contribution is -2.49. The zero-order chi connectivity index (χ0) is 13.4. The number of likely N-dealkylation sites (N-methyl/N-ethyl adjacent to an activating group) is 1. The van der Waals surface area contributed by atoms with E-state index >= 15 is 0 Å². The van der Waals surface area contributed by atoms with Crippen LogP contribution in [0.2, 0.25) is 0 Å². The Balaban J connectivity index is 4.72. The topological polar surface area (TPSA) is 81.1 Å². The number of aliphatic hydroxyl groups excluding tert-OH is 1. The zero-order valence-electron chi connectivity index (χ0n) is 10.3. The van der Waals surface area contributed by atoms with E-state index in [9.17, 15) is 9.59 Å². The Morgan fingerprint density at radius 2 is 2.06 bits per heavy atom. The molecule has 17 heavy (non-hydrogen) atoms. The van der Waals surface area contributed by atoms with Gasteiger partial charge in [0.25, 0.3) is 0 Å². The third-order valence-electron chi connectivity index (χ3n) is 2.43. The van der Waals surface area contributed by atoms with Gasteiger partial charge < -0.3 is 20.0 Å². The molecule has 0 spiro atoms. The van der Waals surface area contributed by atoms with Gasteiger partial charge in [-0.05, 0) is 6.42 Å². The van der Waals surface area contributed by atoms with Gasteiger partial charge in [0.05, 0.1) is 6.61 Å². The number of carbonyl (C=O) groups is 2. The van der Waals surface area contributed by atoms with Crippen LogP contribution in [-0.4, -0.2) is 64.8 Å². The number of hydrogen-bond donors (Lipinski definition) is 2. The molecular weight excluding hydrogens is 224 g/mol. The summed E-state index contributed by atoms with van der Waals surface area (Å²) < 4.78 is 0. The van der Waals surface area contributed by atoms with Gasteiger partial charge in [-0.25, -0.2) is 9.59 Å². The number of carbonyl (C=O) groups excluding carboxylic acids is 1. The highest BCUT2D eigenvalue weighted by molar-refractivity contribution is 5.82. The van der Waals surface area contributed by atoms with E-state index in [-0.39, 0.29) is 19.7 Å². The van der Waals surface area contributed by atoms with E-state index in [1.165, 1.54) is 22.9 Å². The summed E-state index contributed by atoms with van der Waals surface area (Å²) in [7, 11) is 1.44. The molecular formula is C11H20N2O4. The highest BCUT2D eigenvalue weighted by atomic mass is 16.4. The smallest absolute Gasteiger partial charge is 0.326 e. The molecule has 6 heteroatoms. The average molecular weight is 244 g/mol. The number of rotatable bonds is 7. The maximum absolute atomic E-state index is 12.0. The summed E-state index contributed by atoms with van der Waals surface area (Å²) in [5.41, 5.74) is 0. The largest absolute Gasteiger partial charge is 0.480 e. The summed E-state index contributed by atoms with van der Waals surface area (Å²) in [6, 6.07) is -1.28. The van der Waals surface area contributed by atoms with Crippen molar-refractivity contribution in [2.45, 2.75) is 19.4 Å². The number of carboxylic acid groups (broad SMARTS) is 1. The van der Waals surface area contributed by atoms with Crippen LogP contribution < -0.4 is 0 Å². The van der Waals surface area contributed by atoms with Crippen LogP contribution in [0, 0.1) is 0 Å². The summed E-state index contributed by atoms with van der Waals surface area (Å²) in [5.74, 6) is -1.04. The fraction of sp³-hybridized carbons (Fsp3) is 0.636. The molecule has 0 aromatic rings. The number of aliphatic carboxylic acids is 1. The highest BCUT2D eigenvalue weighted by Gasteiger charge is 2.27. The Morgan fingerprint density at radius 3 is 2.41 bits per heavy atom. The second-order valence-corrected chi connectivity index (χ2v) is 3.61. The lowest BCUT2D eigenvalue weighted by atomic mass is 10.2. The number of aliphatic hydroxyl groups is 1. The molecule has 0 heterocycles. The third kappa shape index (κ3) is 4.44. The molecule has 1 atom stereocenters. The molecule has 0 radical (unpaired) electrons. The minimum Gasteiger partial charge on any atom is -0.480 e. The second-order valence-electron chi connectivity index (χ2n) is 3.61. The number of hydrogen-bond acceptors (Lipinski definition) is 3. The standard InChI is InChI=1S/C11H20N2O4/c1-4-6-13(7-8-14)11(17)12(3)9(5-2)10(15)16/h4,9,14H,1,5-8H2,2-3H3,(H,15,16). The van der Waals surface area contributed by atoms with E-state index in [1.807, 2.05) is 0 Å². The molecule has 1 unspecified atom stereocenters. The summed E-state index contributed by atoms with van der Waals surface area (Å²) in [6.45, 7) is 5.48. The third-order valence-corrected chi connectivity index (χ3v) is 2.43. The fourth-order valence-electron chi connectivity index (χ4n) is 1.51. The van der Waals surface area contributed by atoms with Crippen molar-refractivity contribution in [3.63, 3.8) is 0 Å². The Bertz CT molecular complexity index is 281. The monoisotopic (exact) mass is 244 g/mol. The number of amides is 2. The molecule has 2 N–H and O–H groups in total. The Labute approximate surface area is 101 Å². The van der Waals surface area contributed by atoms with Crippen LogP contribution in [0.15, 0.2) is 12.7 Å². The lowest BCUT2D eigenvalue weighted by Gasteiger charge is -2.30. The van der Waals surface area contributed by atoms with Gasteiger partial charge >= 0.3 is 12.0 Å². The SMILES string of the molecule is C=CCN(CCO)C(=O)N(C)C(CC)C(=O)O. The molecule has 0 saturated carbocycles. The van der Waals surface area contributed by atoms with E-state index in [0.29, 0.717) is 6.42 Å². The first-order valence-corrected chi connectivity index (χ1v) is 5.45. The molecule has 0 fully saturated rings. The van der Waals surface area contributed by atoms with Crippen molar-refractivity contribution < 1.29 is 19.8 Å². The highest BCUT2D eigenvalue weighted by Crippen LogP contribution is 2.06. The summed E-state index contributed by atoms with van der Waals surface area (Å²) in [4.78, 5) is 25.4. The van der Waals surface area contributed by atoms with Crippen LogP contribution >= 0.6 is 0 Å². The molecule has 0 rings (SSSR count). The lowest BCUT2D eigenvalue weighted by molar-refractivity contribution is -0.142. The number of nitrogens with zero attached hydrogens (tertiary/aromatic N) is 2. The van der Waals surface area contributed by atoms with Crippen LogP contribution in [0.1, 0.15) is 13.3 Å². The molecule has 6 nitrogen and oxygen atoms in total. The van der Waals surface area contributed by atoms with E-state index in [4.69, 9.17) is 10.2 Å². The summed E-state index contributed by atoms with van der Waals surface area (Å²) >= 11 is 0. The van der Waals surface area contributed by atoms with Crippen LogP contribution in [0.4, 0.5) is 4.79 Å². The molecule has 0 aromatic heterocycles. The van der Waals surface area contributed by atoms with Crippen molar-refractivity contribution in [2.24, 2.45) is 0 Å². The maximum atomic E-state index is 12.0. The second kappa shape index (κ2) is 7.67. The van der Waals surface area contributed by atoms with Crippen molar-refractivity contribution in [3.05, 3.63) is 12.7 Å². The molecule has 0 aliphatic heterocycles. The van der Waals surface area contributed by atoms with E-state index in [0.717, 1.165) is 0 Å². The van der Waals surface area contributed by atoms with Crippen molar-refractivity contribution in [1.29, 1.82) is 0 Å². The first kappa shape index (κ1) is 15.4. The van der Waals surface area contributed by atoms with Crippen LogP contribution in [0.25, 0.3) is 0 Å². The zero-order valence-corrected chi connectivity index (χ0v) is 10.3. The Kier molecular flexibility index (Phi) is 6.97. The van der Waals surface area contributed by atoms with Crippen LogP contribution in [0.5, 0.6) is 0 Å². The molecule has 0 aromatic carbocycles. The van der Waals surface area contributed by atoms with Crippen LogP contribution in [-0.2, 0) is 4.79 Å². The molecule has 2 amide bonds. The van der Waals surface area contributed by atoms with E-state index < -0.39 is 18.0 Å². The van der Waals surface area contributed by atoms with Gasteiger partial charge in [0.2, 0.25) is 0 Å². The number of urea groups is 1. The Hall–Kier alpha value is -1.56. The predicted molar refractivity (Wildman–Crippen MR) is 63.7 cm³/mol. The van der Waals surface area contributed by atoms with Crippen molar-refractivity contribution in [2.75, 3.05) is 26.7 Å². The fourth-order valence-corrected chi connectivity index (χ4v) is 1.51. The van der Waals surface area contributed by atoms with Crippen molar-refractivity contribution in [3.8, 4) is 0 Å². The van der Waals surface area contributed by atoms with Gasteiger partial charge in [-0.2, -0.15) is 0 Å². The van der Waals surface area contributed by atoms with Crippen molar-refractivity contribution in [1.82, 2.24) is 9.80 Å². The number of carboxylic acids is 1.